The first kappa shape index (κ1) is 10.9. The fourth-order valence-electron chi connectivity index (χ4n) is 3.39. The molecule has 3 unspecified atom stereocenters. The van der Waals surface area contributed by atoms with Crippen LogP contribution in [0.2, 0.25) is 0 Å². The minimum Gasteiger partial charge on any atom is -0.466 e. The number of rotatable bonds is 2. The van der Waals surface area contributed by atoms with E-state index in [0.717, 1.165) is 13.1 Å². The van der Waals surface area contributed by atoms with Crippen LogP contribution in [-0.4, -0.2) is 25.7 Å². The highest BCUT2D eigenvalue weighted by molar-refractivity contribution is 5.74. The quantitative estimate of drug-likeness (QED) is 0.705. The number of ether oxygens (including phenoxy) is 1. The van der Waals surface area contributed by atoms with Gasteiger partial charge in [-0.2, -0.15) is 0 Å². The van der Waals surface area contributed by atoms with E-state index in [1.807, 2.05) is 6.92 Å². The van der Waals surface area contributed by atoms with Gasteiger partial charge in [0.1, 0.15) is 0 Å². The Morgan fingerprint density at radius 2 is 2.40 bits per heavy atom. The Hall–Kier alpha value is -0.570. The smallest absolute Gasteiger partial charge is 0.310 e. The van der Waals surface area contributed by atoms with Gasteiger partial charge in [0.2, 0.25) is 0 Å². The Bertz CT molecular complexity index is 250. The molecular weight excluding hydrogens is 190 g/mol. The highest BCUT2D eigenvalue weighted by Gasteiger charge is 2.52. The third kappa shape index (κ3) is 1.67. The summed E-state index contributed by atoms with van der Waals surface area (Å²) in [6.45, 7) is 6.47. The van der Waals surface area contributed by atoms with Crippen molar-refractivity contribution in [3.63, 3.8) is 0 Å². The van der Waals surface area contributed by atoms with Crippen LogP contribution in [0.25, 0.3) is 0 Å². The van der Waals surface area contributed by atoms with Gasteiger partial charge in [0, 0.05) is 13.1 Å². The van der Waals surface area contributed by atoms with Gasteiger partial charge in [-0.1, -0.05) is 19.8 Å². The van der Waals surface area contributed by atoms with Gasteiger partial charge in [-0.25, -0.2) is 0 Å². The largest absolute Gasteiger partial charge is 0.466 e. The Morgan fingerprint density at radius 3 is 3.00 bits per heavy atom. The molecule has 1 heterocycles. The Balaban J connectivity index is 2.13. The normalized spacial score (nSPS) is 39.9. The fraction of sp³-hybridized carbons (Fsp3) is 0.917. The highest BCUT2D eigenvalue weighted by atomic mass is 16.5. The summed E-state index contributed by atoms with van der Waals surface area (Å²) in [5.41, 5.74) is 0.201. The zero-order valence-electron chi connectivity index (χ0n) is 9.71. The number of hydrogen-bond acceptors (Lipinski definition) is 3. The van der Waals surface area contributed by atoms with Crippen molar-refractivity contribution >= 4 is 5.97 Å². The molecular formula is C12H21NO2. The van der Waals surface area contributed by atoms with Gasteiger partial charge in [0.25, 0.3) is 0 Å². The van der Waals surface area contributed by atoms with Crippen molar-refractivity contribution in [3.8, 4) is 0 Å². The monoisotopic (exact) mass is 211 g/mol. The number of esters is 1. The number of nitrogens with one attached hydrogen (secondary N) is 1. The van der Waals surface area contributed by atoms with Crippen LogP contribution in [0.5, 0.6) is 0 Å². The summed E-state index contributed by atoms with van der Waals surface area (Å²) in [6.07, 6.45) is 3.71. The summed E-state index contributed by atoms with van der Waals surface area (Å²) in [5, 5.41) is 3.37. The summed E-state index contributed by atoms with van der Waals surface area (Å²) in [6, 6.07) is 0. The summed E-state index contributed by atoms with van der Waals surface area (Å²) in [7, 11) is 0. The van der Waals surface area contributed by atoms with Crippen molar-refractivity contribution in [2.75, 3.05) is 19.7 Å². The van der Waals surface area contributed by atoms with Gasteiger partial charge in [0.15, 0.2) is 0 Å². The average Bonchev–Trinajstić information content (AvgIpc) is 2.77. The first-order chi connectivity index (χ1) is 7.20. The molecule has 0 aromatic heterocycles. The van der Waals surface area contributed by atoms with E-state index in [1.54, 1.807) is 0 Å². The maximum Gasteiger partial charge on any atom is 0.310 e. The van der Waals surface area contributed by atoms with E-state index in [-0.39, 0.29) is 17.3 Å². The molecule has 2 fully saturated rings. The molecule has 2 aliphatic rings. The minimum absolute atomic E-state index is 0.0104. The van der Waals surface area contributed by atoms with Crippen molar-refractivity contribution in [1.29, 1.82) is 0 Å². The Kier molecular flexibility index (Phi) is 3.01. The predicted molar refractivity (Wildman–Crippen MR) is 58.4 cm³/mol. The van der Waals surface area contributed by atoms with E-state index in [9.17, 15) is 4.79 Å². The van der Waals surface area contributed by atoms with Gasteiger partial charge >= 0.3 is 5.97 Å². The van der Waals surface area contributed by atoms with Crippen LogP contribution in [0, 0.1) is 17.3 Å². The maximum absolute atomic E-state index is 11.9. The van der Waals surface area contributed by atoms with Gasteiger partial charge in [-0.15, -0.1) is 0 Å². The molecule has 3 atom stereocenters. The second kappa shape index (κ2) is 4.12. The van der Waals surface area contributed by atoms with Gasteiger partial charge in [-0.3, -0.25) is 4.79 Å². The van der Waals surface area contributed by atoms with E-state index in [0.29, 0.717) is 12.5 Å². The van der Waals surface area contributed by atoms with Crippen molar-refractivity contribution in [3.05, 3.63) is 0 Å². The van der Waals surface area contributed by atoms with Crippen LogP contribution in [0.4, 0.5) is 0 Å². The van der Waals surface area contributed by atoms with E-state index in [4.69, 9.17) is 4.74 Å². The molecule has 2 rings (SSSR count). The summed E-state index contributed by atoms with van der Waals surface area (Å²) >= 11 is 0. The fourth-order valence-corrected chi connectivity index (χ4v) is 3.39. The average molecular weight is 211 g/mol. The molecule has 0 radical (unpaired) electrons. The van der Waals surface area contributed by atoms with E-state index < -0.39 is 0 Å². The van der Waals surface area contributed by atoms with Crippen LogP contribution in [0.15, 0.2) is 0 Å². The molecule has 3 nitrogen and oxygen atoms in total. The van der Waals surface area contributed by atoms with Crippen LogP contribution < -0.4 is 5.32 Å². The topological polar surface area (TPSA) is 38.3 Å². The lowest BCUT2D eigenvalue weighted by Crippen LogP contribution is -2.38. The zero-order valence-corrected chi connectivity index (χ0v) is 9.71. The lowest BCUT2D eigenvalue weighted by molar-refractivity contribution is -0.151. The third-order valence-corrected chi connectivity index (χ3v) is 4.33. The van der Waals surface area contributed by atoms with Crippen molar-refractivity contribution < 1.29 is 9.53 Å². The SMILES string of the molecule is CCOC(=O)C1CNCC12CCCC2C. The molecule has 1 aliphatic heterocycles. The van der Waals surface area contributed by atoms with Crippen LogP contribution in [-0.2, 0) is 9.53 Å². The molecule has 1 saturated carbocycles. The first-order valence-corrected chi connectivity index (χ1v) is 6.08. The summed E-state index contributed by atoms with van der Waals surface area (Å²) < 4.78 is 5.18. The lowest BCUT2D eigenvalue weighted by Gasteiger charge is -2.33. The number of carbonyl (C=O) groups is 1. The molecule has 3 heteroatoms. The van der Waals surface area contributed by atoms with E-state index in [2.05, 4.69) is 12.2 Å². The molecule has 1 N–H and O–H groups in total. The predicted octanol–water partition coefficient (Wildman–Crippen LogP) is 1.58. The Morgan fingerprint density at radius 1 is 1.60 bits per heavy atom. The molecule has 0 aromatic rings. The zero-order chi connectivity index (χ0) is 10.9. The van der Waals surface area contributed by atoms with Crippen LogP contribution in [0.1, 0.15) is 33.1 Å². The molecule has 0 aromatic carbocycles. The van der Waals surface area contributed by atoms with Gasteiger partial charge in [-0.05, 0) is 24.7 Å². The lowest BCUT2D eigenvalue weighted by atomic mass is 9.71. The first-order valence-electron chi connectivity index (χ1n) is 6.08. The summed E-state index contributed by atoms with van der Waals surface area (Å²) in [5.74, 6) is 0.758. The third-order valence-electron chi connectivity index (χ3n) is 4.33. The number of hydrogen-bond donors (Lipinski definition) is 1. The molecule has 0 amide bonds. The summed E-state index contributed by atoms with van der Waals surface area (Å²) in [4.78, 5) is 11.9. The van der Waals surface area contributed by atoms with Crippen molar-refractivity contribution in [2.45, 2.75) is 33.1 Å². The van der Waals surface area contributed by atoms with E-state index in [1.165, 1.54) is 19.3 Å². The second-order valence-electron chi connectivity index (χ2n) is 4.96. The minimum atomic E-state index is 0.0104. The van der Waals surface area contributed by atoms with Gasteiger partial charge in [0.05, 0.1) is 12.5 Å². The van der Waals surface area contributed by atoms with Crippen molar-refractivity contribution in [1.82, 2.24) is 5.32 Å². The second-order valence-corrected chi connectivity index (χ2v) is 4.96. The van der Waals surface area contributed by atoms with E-state index >= 15 is 0 Å². The van der Waals surface area contributed by atoms with Crippen LogP contribution >= 0.6 is 0 Å². The maximum atomic E-state index is 11.9. The number of carbonyl (C=O) groups excluding carboxylic acids is 1. The molecule has 1 aliphatic carbocycles. The molecule has 15 heavy (non-hydrogen) atoms. The van der Waals surface area contributed by atoms with Gasteiger partial charge < -0.3 is 10.1 Å². The van der Waals surface area contributed by atoms with Crippen LogP contribution in [0.3, 0.4) is 0 Å². The standard InChI is InChI=1S/C12H21NO2/c1-3-15-11(14)10-7-13-8-12(10)6-4-5-9(12)2/h9-10,13H,3-8H2,1-2H3. The molecule has 1 saturated heterocycles. The molecule has 1 spiro atoms. The highest BCUT2D eigenvalue weighted by Crippen LogP contribution is 2.50. The Labute approximate surface area is 91.6 Å². The molecule has 86 valence electrons. The molecule has 0 bridgehead atoms. The van der Waals surface area contributed by atoms with Crippen molar-refractivity contribution in [2.24, 2.45) is 17.3 Å².